The molecular weight excluding hydrogens is 128 g/mol. The molecule has 1 aromatic rings. The number of carbonyl (C=O) groups excluding carboxylic acids is 1. The van der Waals surface area contributed by atoms with Crippen molar-refractivity contribution in [2.45, 2.75) is 12.8 Å². The normalized spacial score (nSPS) is 9.20. The molecule has 0 aliphatic carbocycles. The molecule has 0 saturated carbocycles. The second-order valence-corrected chi connectivity index (χ2v) is 1.90. The summed E-state index contributed by atoms with van der Waals surface area (Å²) < 4.78 is 0. The molecule has 1 rings (SSSR count). The first-order valence-electron chi connectivity index (χ1n) is 3.12. The predicted octanol–water partition coefficient (Wildman–Crippen LogP) is 0.608. The van der Waals surface area contributed by atoms with Crippen LogP contribution in [-0.2, 0) is 11.2 Å². The Morgan fingerprint density at radius 2 is 2.40 bits per heavy atom. The number of hydrogen-bond donors (Lipinski definition) is 0. The van der Waals surface area contributed by atoms with Crippen LogP contribution in [0.15, 0.2) is 18.6 Å². The highest BCUT2D eigenvalue weighted by Crippen LogP contribution is 1.92. The van der Waals surface area contributed by atoms with E-state index in [0.717, 1.165) is 12.0 Å². The zero-order chi connectivity index (χ0) is 7.23. The molecule has 0 unspecified atom stereocenters. The van der Waals surface area contributed by atoms with E-state index >= 15 is 0 Å². The standard InChI is InChI=1S/C7H8N2O/c10-5-1-2-7-6-8-3-4-9-7/h3-6H,1-2H2. The molecule has 1 heterocycles. The average Bonchev–Trinajstić information content (AvgIpc) is 2.03. The van der Waals surface area contributed by atoms with Gasteiger partial charge in [0.15, 0.2) is 0 Å². The first-order chi connectivity index (χ1) is 4.93. The van der Waals surface area contributed by atoms with Gasteiger partial charge in [0.05, 0.1) is 5.69 Å². The van der Waals surface area contributed by atoms with Crippen LogP contribution in [0.5, 0.6) is 0 Å². The van der Waals surface area contributed by atoms with Gasteiger partial charge in [-0.2, -0.15) is 0 Å². The van der Waals surface area contributed by atoms with Gasteiger partial charge in [0.25, 0.3) is 0 Å². The minimum absolute atomic E-state index is 0.526. The lowest BCUT2D eigenvalue weighted by atomic mass is 10.3. The van der Waals surface area contributed by atoms with Crippen LogP contribution in [0.2, 0.25) is 0 Å². The largest absolute Gasteiger partial charge is 0.303 e. The van der Waals surface area contributed by atoms with Crippen LogP contribution in [0.25, 0.3) is 0 Å². The van der Waals surface area contributed by atoms with E-state index in [4.69, 9.17) is 0 Å². The van der Waals surface area contributed by atoms with Crippen molar-refractivity contribution in [2.24, 2.45) is 0 Å². The fourth-order valence-corrected chi connectivity index (χ4v) is 0.666. The molecule has 0 radical (unpaired) electrons. The average molecular weight is 136 g/mol. The van der Waals surface area contributed by atoms with Crippen LogP contribution in [0.3, 0.4) is 0 Å². The zero-order valence-corrected chi connectivity index (χ0v) is 5.53. The first kappa shape index (κ1) is 6.86. The first-order valence-corrected chi connectivity index (χ1v) is 3.12. The lowest BCUT2D eigenvalue weighted by Gasteiger charge is -1.91. The molecule has 0 atom stereocenters. The highest BCUT2D eigenvalue weighted by atomic mass is 16.1. The lowest BCUT2D eigenvalue weighted by Crippen LogP contribution is -1.90. The number of hydrogen-bond acceptors (Lipinski definition) is 3. The lowest BCUT2D eigenvalue weighted by molar-refractivity contribution is -0.107. The van der Waals surface area contributed by atoms with Crippen LogP contribution >= 0.6 is 0 Å². The molecule has 1 aromatic heterocycles. The number of rotatable bonds is 3. The van der Waals surface area contributed by atoms with E-state index in [1.807, 2.05) is 0 Å². The van der Waals surface area contributed by atoms with Crippen molar-refractivity contribution in [2.75, 3.05) is 0 Å². The quantitative estimate of drug-likeness (QED) is 0.572. The van der Waals surface area contributed by atoms with Crippen molar-refractivity contribution in [3.63, 3.8) is 0 Å². The third-order valence-electron chi connectivity index (χ3n) is 1.13. The summed E-state index contributed by atoms with van der Waals surface area (Å²) in [5.41, 5.74) is 0.870. The molecule has 3 nitrogen and oxygen atoms in total. The van der Waals surface area contributed by atoms with E-state index in [9.17, 15) is 4.79 Å². The summed E-state index contributed by atoms with van der Waals surface area (Å²) in [6.07, 6.45) is 7.01. The van der Waals surface area contributed by atoms with Crippen LogP contribution < -0.4 is 0 Å². The molecule has 0 bridgehead atoms. The molecule has 0 aromatic carbocycles. The minimum atomic E-state index is 0.526. The van der Waals surface area contributed by atoms with Crippen LogP contribution in [0.1, 0.15) is 12.1 Å². The molecule has 0 fully saturated rings. The SMILES string of the molecule is O=CCCc1cnccn1. The predicted molar refractivity (Wildman–Crippen MR) is 36.4 cm³/mol. The van der Waals surface area contributed by atoms with Crippen molar-refractivity contribution in [3.05, 3.63) is 24.3 Å². The van der Waals surface area contributed by atoms with Crippen molar-refractivity contribution in [1.29, 1.82) is 0 Å². The van der Waals surface area contributed by atoms with E-state index in [1.54, 1.807) is 18.6 Å². The molecule has 0 amide bonds. The number of aryl methyl sites for hydroxylation is 1. The Morgan fingerprint density at radius 3 is 3.00 bits per heavy atom. The Bertz CT molecular complexity index is 198. The van der Waals surface area contributed by atoms with Crippen LogP contribution in [0.4, 0.5) is 0 Å². The van der Waals surface area contributed by atoms with Gasteiger partial charge in [-0.25, -0.2) is 0 Å². The maximum absolute atomic E-state index is 9.93. The number of carbonyl (C=O) groups is 1. The summed E-state index contributed by atoms with van der Waals surface area (Å²) in [4.78, 5) is 17.8. The molecule has 0 spiro atoms. The Balaban J connectivity index is 2.50. The highest BCUT2D eigenvalue weighted by Gasteiger charge is 1.90. The van der Waals surface area contributed by atoms with Gasteiger partial charge in [0, 0.05) is 25.0 Å². The fourth-order valence-electron chi connectivity index (χ4n) is 0.666. The van der Waals surface area contributed by atoms with E-state index in [2.05, 4.69) is 9.97 Å². The van der Waals surface area contributed by atoms with E-state index in [1.165, 1.54) is 0 Å². The Hall–Kier alpha value is -1.25. The summed E-state index contributed by atoms with van der Waals surface area (Å²) >= 11 is 0. The van der Waals surface area contributed by atoms with Crippen molar-refractivity contribution < 1.29 is 4.79 Å². The molecule has 3 heteroatoms. The van der Waals surface area contributed by atoms with Gasteiger partial charge in [0.2, 0.25) is 0 Å². The topological polar surface area (TPSA) is 42.9 Å². The highest BCUT2D eigenvalue weighted by molar-refractivity contribution is 5.49. The number of aldehydes is 1. The van der Waals surface area contributed by atoms with Crippen molar-refractivity contribution in [1.82, 2.24) is 9.97 Å². The number of aromatic nitrogens is 2. The molecule has 52 valence electrons. The minimum Gasteiger partial charge on any atom is -0.303 e. The molecule has 0 saturated heterocycles. The summed E-state index contributed by atoms with van der Waals surface area (Å²) in [6.45, 7) is 0. The third-order valence-corrected chi connectivity index (χ3v) is 1.13. The molecule has 0 N–H and O–H groups in total. The van der Waals surface area contributed by atoms with Gasteiger partial charge in [-0.3, -0.25) is 9.97 Å². The molecule has 10 heavy (non-hydrogen) atoms. The molecule has 0 aliphatic rings. The van der Waals surface area contributed by atoms with E-state index in [0.29, 0.717) is 12.8 Å². The Labute approximate surface area is 59.1 Å². The van der Waals surface area contributed by atoms with E-state index in [-0.39, 0.29) is 0 Å². The van der Waals surface area contributed by atoms with Gasteiger partial charge < -0.3 is 4.79 Å². The maximum Gasteiger partial charge on any atom is 0.120 e. The van der Waals surface area contributed by atoms with E-state index < -0.39 is 0 Å². The second-order valence-electron chi connectivity index (χ2n) is 1.90. The molecular formula is C7H8N2O. The van der Waals surface area contributed by atoms with Gasteiger partial charge in [-0.1, -0.05) is 0 Å². The summed E-state index contributed by atoms with van der Waals surface area (Å²) in [5.74, 6) is 0. The Morgan fingerprint density at radius 1 is 1.50 bits per heavy atom. The molecule has 0 aliphatic heterocycles. The maximum atomic E-state index is 9.93. The zero-order valence-electron chi connectivity index (χ0n) is 5.53. The van der Waals surface area contributed by atoms with Gasteiger partial charge >= 0.3 is 0 Å². The Kier molecular flexibility index (Phi) is 2.55. The van der Waals surface area contributed by atoms with Crippen LogP contribution in [-0.4, -0.2) is 16.3 Å². The summed E-state index contributed by atoms with van der Waals surface area (Å²) in [6, 6.07) is 0. The van der Waals surface area contributed by atoms with Gasteiger partial charge in [0.1, 0.15) is 6.29 Å². The number of nitrogens with zero attached hydrogens (tertiary/aromatic N) is 2. The monoisotopic (exact) mass is 136 g/mol. The summed E-state index contributed by atoms with van der Waals surface area (Å²) in [7, 11) is 0. The van der Waals surface area contributed by atoms with Crippen molar-refractivity contribution >= 4 is 6.29 Å². The summed E-state index contributed by atoms with van der Waals surface area (Å²) in [5, 5.41) is 0. The van der Waals surface area contributed by atoms with Gasteiger partial charge in [-0.15, -0.1) is 0 Å². The third kappa shape index (κ3) is 1.93. The second kappa shape index (κ2) is 3.71. The van der Waals surface area contributed by atoms with Gasteiger partial charge in [-0.05, 0) is 6.42 Å². The van der Waals surface area contributed by atoms with Crippen LogP contribution in [0, 0.1) is 0 Å². The fraction of sp³-hybridized carbons (Fsp3) is 0.286. The smallest absolute Gasteiger partial charge is 0.120 e. The van der Waals surface area contributed by atoms with Crippen molar-refractivity contribution in [3.8, 4) is 0 Å².